The number of esters is 1. The van der Waals surface area contributed by atoms with Crippen LogP contribution in [0.25, 0.3) is 0 Å². The fourth-order valence-corrected chi connectivity index (χ4v) is 1.79. The smallest absolute Gasteiger partial charge is 0.475 e. The summed E-state index contributed by atoms with van der Waals surface area (Å²) in [4.78, 5) is 31.2. The summed E-state index contributed by atoms with van der Waals surface area (Å²) < 4.78 is 46.4. The van der Waals surface area contributed by atoms with Crippen molar-refractivity contribution in [1.29, 1.82) is 0 Å². The summed E-state index contributed by atoms with van der Waals surface area (Å²) in [7, 11) is 0. The van der Waals surface area contributed by atoms with Gasteiger partial charge in [-0.15, -0.1) is 0 Å². The molecule has 0 bridgehead atoms. The van der Waals surface area contributed by atoms with Gasteiger partial charge in [0.15, 0.2) is 6.10 Å². The number of carboxylic acids is 1. The molecule has 0 aromatic carbocycles. The van der Waals surface area contributed by atoms with E-state index in [0.29, 0.717) is 0 Å². The summed E-state index contributed by atoms with van der Waals surface area (Å²) in [5.41, 5.74) is 0. The standard InChI is InChI=1S/C10H15NO5.C2HF3O2/c1-6-8(16-10(13)15-6)5-14-9(12)7-3-2-4-11-7;3-2(4,5)1(6)7/h6-8,11H,2-5H2,1H3;(H,6,7)/t6?,7-,8?;/m0./s1. The molecule has 2 N–H and O–H groups in total. The topological polar surface area (TPSA) is 111 Å². The number of halogens is 3. The Labute approximate surface area is 128 Å². The fraction of sp³-hybridized carbons (Fsp3) is 0.750. The van der Waals surface area contributed by atoms with E-state index in [1.165, 1.54) is 0 Å². The predicted molar refractivity (Wildman–Crippen MR) is 66.5 cm³/mol. The number of carbonyl (C=O) groups is 3. The van der Waals surface area contributed by atoms with E-state index in [2.05, 4.69) is 5.32 Å². The first kappa shape index (κ1) is 19.0. The number of carbonyl (C=O) groups excluding carboxylic acids is 2. The monoisotopic (exact) mass is 343 g/mol. The van der Waals surface area contributed by atoms with Crippen LogP contribution in [0.15, 0.2) is 0 Å². The normalized spacial score (nSPS) is 26.6. The first-order chi connectivity index (χ1) is 10.6. The van der Waals surface area contributed by atoms with Gasteiger partial charge in [-0.05, 0) is 26.3 Å². The lowest BCUT2D eigenvalue weighted by Gasteiger charge is -2.14. The molecule has 2 fully saturated rings. The van der Waals surface area contributed by atoms with Crippen molar-refractivity contribution >= 4 is 18.1 Å². The zero-order valence-corrected chi connectivity index (χ0v) is 12.1. The number of nitrogens with one attached hydrogen (secondary N) is 1. The molecular formula is C12H16F3NO7. The molecule has 11 heteroatoms. The Balaban J connectivity index is 0.000000322. The molecule has 8 nitrogen and oxygen atoms in total. The Kier molecular flexibility index (Phi) is 6.61. The van der Waals surface area contributed by atoms with Crippen LogP contribution in [0.3, 0.4) is 0 Å². The third-order valence-corrected chi connectivity index (χ3v) is 3.03. The van der Waals surface area contributed by atoms with Crippen LogP contribution in [0.2, 0.25) is 0 Å². The molecule has 0 amide bonds. The SMILES string of the molecule is CC1OC(=O)OC1COC(=O)[C@@H]1CCCN1.O=C(O)C(F)(F)F. The first-order valence-electron chi connectivity index (χ1n) is 6.68. The largest absolute Gasteiger partial charge is 0.509 e. The van der Waals surface area contributed by atoms with Gasteiger partial charge in [0.05, 0.1) is 0 Å². The van der Waals surface area contributed by atoms with Crippen molar-refractivity contribution in [2.45, 2.75) is 44.2 Å². The fourth-order valence-electron chi connectivity index (χ4n) is 1.79. The maximum atomic E-state index is 11.5. The van der Waals surface area contributed by atoms with Gasteiger partial charge in [0.1, 0.15) is 18.8 Å². The van der Waals surface area contributed by atoms with E-state index in [-0.39, 0.29) is 24.7 Å². The average molecular weight is 343 g/mol. The molecule has 0 radical (unpaired) electrons. The Morgan fingerprint density at radius 1 is 1.39 bits per heavy atom. The van der Waals surface area contributed by atoms with Gasteiger partial charge in [-0.2, -0.15) is 13.2 Å². The van der Waals surface area contributed by atoms with Crippen LogP contribution < -0.4 is 5.32 Å². The maximum Gasteiger partial charge on any atom is 0.509 e. The molecule has 2 aliphatic rings. The van der Waals surface area contributed by atoms with Gasteiger partial charge < -0.3 is 24.6 Å². The number of hydrogen-bond donors (Lipinski definition) is 2. The molecule has 2 aliphatic heterocycles. The van der Waals surface area contributed by atoms with E-state index in [1.807, 2.05) is 0 Å². The minimum absolute atomic E-state index is 0.0594. The molecule has 0 saturated carbocycles. The van der Waals surface area contributed by atoms with Crippen molar-refractivity contribution < 1.29 is 46.9 Å². The highest BCUT2D eigenvalue weighted by atomic mass is 19.4. The van der Waals surface area contributed by atoms with Crippen LogP contribution in [0.5, 0.6) is 0 Å². The van der Waals surface area contributed by atoms with E-state index in [1.54, 1.807) is 6.92 Å². The lowest BCUT2D eigenvalue weighted by molar-refractivity contribution is -0.192. The van der Waals surface area contributed by atoms with Crippen LogP contribution in [0.4, 0.5) is 18.0 Å². The van der Waals surface area contributed by atoms with Gasteiger partial charge in [0.2, 0.25) is 0 Å². The molecule has 0 aromatic rings. The molecule has 0 aliphatic carbocycles. The van der Waals surface area contributed by atoms with Crippen molar-refractivity contribution in [2.75, 3.05) is 13.2 Å². The van der Waals surface area contributed by atoms with E-state index >= 15 is 0 Å². The molecule has 23 heavy (non-hydrogen) atoms. The van der Waals surface area contributed by atoms with Crippen LogP contribution in [0.1, 0.15) is 19.8 Å². The van der Waals surface area contributed by atoms with Crippen molar-refractivity contribution in [1.82, 2.24) is 5.32 Å². The summed E-state index contributed by atoms with van der Waals surface area (Å²) in [6, 6.07) is -0.215. The van der Waals surface area contributed by atoms with Gasteiger partial charge in [-0.25, -0.2) is 9.59 Å². The van der Waals surface area contributed by atoms with Gasteiger partial charge >= 0.3 is 24.3 Å². The summed E-state index contributed by atoms with van der Waals surface area (Å²) >= 11 is 0. The second-order valence-corrected chi connectivity index (χ2v) is 4.81. The lowest BCUT2D eigenvalue weighted by Crippen LogP contribution is -2.35. The molecule has 3 atom stereocenters. The minimum atomic E-state index is -5.08. The maximum absolute atomic E-state index is 11.5. The lowest BCUT2D eigenvalue weighted by atomic mass is 10.2. The quantitative estimate of drug-likeness (QED) is 0.725. The van der Waals surface area contributed by atoms with Crippen LogP contribution in [-0.4, -0.2) is 60.8 Å². The van der Waals surface area contributed by atoms with E-state index < -0.39 is 24.4 Å². The van der Waals surface area contributed by atoms with Crippen molar-refractivity contribution in [3.05, 3.63) is 0 Å². The van der Waals surface area contributed by atoms with Gasteiger partial charge in [0, 0.05) is 0 Å². The highest BCUT2D eigenvalue weighted by Gasteiger charge is 2.38. The molecule has 2 saturated heterocycles. The number of ether oxygens (including phenoxy) is 3. The molecule has 132 valence electrons. The van der Waals surface area contributed by atoms with Gasteiger partial charge in [0.25, 0.3) is 0 Å². The van der Waals surface area contributed by atoms with Crippen molar-refractivity contribution in [2.24, 2.45) is 0 Å². The van der Waals surface area contributed by atoms with Gasteiger partial charge in [-0.1, -0.05) is 0 Å². The minimum Gasteiger partial charge on any atom is -0.475 e. The Morgan fingerprint density at radius 3 is 2.39 bits per heavy atom. The third-order valence-electron chi connectivity index (χ3n) is 3.03. The second-order valence-electron chi connectivity index (χ2n) is 4.81. The molecule has 0 aromatic heterocycles. The summed E-state index contributed by atoms with van der Waals surface area (Å²) in [5, 5.41) is 10.2. The zero-order chi connectivity index (χ0) is 17.6. The molecular weight excluding hydrogens is 327 g/mol. The third kappa shape index (κ3) is 6.30. The van der Waals surface area contributed by atoms with E-state index in [9.17, 15) is 22.8 Å². The molecule has 2 heterocycles. The van der Waals surface area contributed by atoms with Crippen molar-refractivity contribution in [3.8, 4) is 0 Å². The summed E-state index contributed by atoms with van der Waals surface area (Å²) in [5.74, 6) is -3.04. The van der Waals surface area contributed by atoms with E-state index in [0.717, 1.165) is 19.4 Å². The summed E-state index contributed by atoms with van der Waals surface area (Å²) in [6.45, 7) is 2.61. The van der Waals surface area contributed by atoms with Crippen LogP contribution in [-0.2, 0) is 23.8 Å². The summed E-state index contributed by atoms with van der Waals surface area (Å²) in [6.07, 6.45) is -4.85. The second kappa shape index (κ2) is 7.99. The Morgan fingerprint density at radius 2 is 2.00 bits per heavy atom. The molecule has 2 unspecified atom stereocenters. The van der Waals surface area contributed by atoms with Crippen LogP contribution >= 0.6 is 0 Å². The molecule has 0 spiro atoms. The number of hydrogen-bond acceptors (Lipinski definition) is 7. The Hall–Kier alpha value is -2.04. The predicted octanol–water partition coefficient (Wildman–Crippen LogP) is 0.839. The number of rotatable bonds is 3. The number of alkyl halides is 3. The van der Waals surface area contributed by atoms with Crippen LogP contribution in [0, 0.1) is 0 Å². The highest BCUT2D eigenvalue weighted by Crippen LogP contribution is 2.16. The number of carboxylic acid groups (broad SMARTS) is 1. The van der Waals surface area contributed by atoms with E-state index in [4.69, 9.17) is 24.1 Å². The van der Waals surface area contributed by atoms with Crippen molar-refractivity contribution in [3.63, 3.8) is 0 Å². The number of aliphatic carboxylic acids is 1. The molecule has 2 rings (SSSR count). The highest BCUT2D eigenvalue weighted by molar-refractivity contribution is 5.76. The number of cyclic esters (lactones) is 2. The zero-order valence-electron chi connectivity index (χ0n) is 12.1. The average Bonchev–Trinajstić information content (AvgIpc) is 3.05. The van der Waals surface area contributed by atoms with Gasteiger partial charge in [-0.3, -0.25) is 4.79 Å². The first-order valence-corrected chi connectivity index (χ1v) is 6.68. The Bertz CT molecular complexity index is 448.